The maximum atomic E-state index is 13.6. The van der Waals surface area contributed by atoms with Gasteiger partial charge in [0, 0.05) is 24.7 Å². The molecule has 1 saturated heterocycles. The Labute approximate surface area is 251 Å². The molecule has 44 heavy (non-hydrogen) atoms. The lowest BCUT2D eigenvalue weighted by atomic mass is 9.73. The average Bonchev–Trinajstić information content (AvgIpc) is 3.29. The van der Waals surface area contributed by atoms with Crippen LogP contribution < -0.4 is 10.6 Å². The van der Waals surface area contributed by atoms with Gasteiger partial charge in [0.15, 0.2) is 0 Å². The largest absolute Gasteiger partial charge is 0.416 e. The number of likely N-dealkylation sites (tertiary alicyclic amines) is 1. The predicted molar refractivity (Wildman–Crippen MR) is 154 cm³/mol. The first kappa shape index (κ1) is 31.6. The molecule has 0 atom stereocenters. The highest BCUT2D eigenvalue weighted by Crippen LogP contribution is 2.51. The fourth-order valence-corrected chi connectivity index (χ4v) is 6.42. The lowest BCUT2D eigenvalue weighted by Crippen LogP contribution is -2.47. The van der Waals surface area contributed by atoms with E-state index in [1.165, 1.54) is 12.1 Å². The van der Waals surface area contributed by atoms with Crippen LogP contribution in [0.15, 0.2) is 72.8 Å². The minimum atomic E-state index is -4.53. The molecule has 5 rings (SSSR count). The number of nitrogens with one attached hydrogen (secondary N) is 2. The molecule has 2 amide bonds. The number of benzene rings is 3. The Morgan fingerprint density at radius 3 is 2.02 bits per heavy atom. The van der Waals surface area contributed by atoms with Crippen LogP contribution in [0.2, 0.25) is 0 Å². The van der Waals surface area contributed by atoms with E-state index in [1.807, 2.05) is 36.4 Å². The van der Waals surface area contributed by atoms with Gasteiger partial charge in [0.2, 0.25) is 5.91 Å². The van der Waals surface area contributed by atoms with Crippen molar-refractivity contribution < 1.29 is 35.9 Å². The molecule has 0 radical (unpaired) electrons. The first-order chi connectivity index (χ1) is 20.9. The van der Waals surface area contributed by atoms with Crippen molar-refractivity contribution in [3.8, 4) is 11.1 Å². The molecule has 3 aromatic rings. The topological polar surface area (TPSA) is 61.4 Å². The first-order valence-electron chi connectivity index (χ1n) is 14.6. The Balaban J connectivity index is 1.18. The summed E-state index contributed by atoms with van der Waals surface area (Å²) in [5, 5.41) is 5.00. The van der Waals surface area contributed by atoms with Crippen LogP contribution in [-0.2, 0) is 16.4 Å². The highest BCUT2D eigenvalue weighted by molar-refractivity contribution is 6.00. The number of fused-ring (bicyclic) bond motifs is 3. The number of amides is 2. The Morgan fingerprint density at radius 1 is 0.818 bits per heavy atom. The lowest BCUT2D eigenvalue weighted by Gasteiger charge is -2.33. The third-order valence-corrected chi connectivity index (χ3v) is 8.55. The molecule has 0 aromatic heterocycles. The maximum Gasteiger partial charge on any atom is 0.416 e. The van der Waals surface area contributed by atoms with Crippen LogP contribution in [0, 0.1) is 0 Å². The summed E-state index contributed by atoms with van der Waals surface area (Å²) in [5.74, 6) is -1.20. The molecular weight excluding hydrogens is 584 g/mol. The number of alkyl halides is 6. The molecule has 0 bridgehead atoms. The van der Waals surface area contributed by atoms with E-state index in [4.69, 9.17) is 0 Å². The second-order valence-corrected chi connectivity index (χ2v) is 11.4. The van der Waals surface area contributed by atoms with E-state index < -0.39 is 41.7 Å². The molecule has 0 unspecified atom stereocenters. The third kappa shape index (κ3) is 6.77. The van der Waals surface area contributed by atoms with Crippen LogP contribution in [0.5, 0.6) is 0 Å². The van der Waals surface area contributed by atoms with Crippen molar-refractivity contribution in [1.29, 1.82) is 0 Å². The number of rotatable bonds is 9. The summed E-state index contributed by atoms with van der Waals surface area (Å²) in [5.41, 5.74) is 0.962. The minimum Gasteiger partial charge on any atom is -0.349 e. The van der Waals surface area contributed by atoms with Gasteiger partial charge in [-0.05, 0) is 72.7 Å². The summed E-state index contributed by atoms with van der Waals surface area (Å²) >= 11 is 0. The van der Waals surface area contributed by atoms with Gasteiger partial charge in [-0.25, -0.2) is 0 Å². The molecule has 3 aromatic carbocycles. The molecule has 2 aliphatic rings. The summed E-state index contributed by atoms with van der Waals surface area (Å²) in [6.07, 6.45) is -6.15. The van der Waals surface area contributed by atoms with Crippen LogP contribution in [0.1, 0.15) is 59.2 Å². The monoisotopic (exact) mass is 617 g/mol. The second kappa shape index (κ2) is 12.6. The smallest absolute Gasteiger partial charge is 0.349 e. The van der Waals surface area contributed by atoms with Gasteiger partial charge in [-0.2, -0.15) is 26.3 Å². The van der Waals surface area contributed by atoms with Gasteiger partial charge in [-0.1, -0.05) is 61.0 Å². The van der Waals surface area contributed by atoms with Gasteiger partial charge >= 0.3 is 12.4 Å². The zero-order valence-electron chi connectivity index (χ0n) is 23.9. The zero-order chi connectivity index (χ0) is 31.5. The Kier molecular flexibility index (Phi) is 9.06. The molecule has 5 nitrogen and oxygen atoms in total. The molecule has 2 N–H and O–H groups in total. The van der Waals surface area contributed by atoms with Crippen molar-refractivity contribution in [2.24, 2.45) is 0 Å². The number of hydrogen-bond donors (Lipinski definition) is 2. The van der Waals surface area contributed by atoms with Crippen LogP contribution in [-0.4, -0.2) is 55.1 Å². The molecule has 234 valence electrons. The van der Waals surface area contributed by atoms with Crippen molar-refractivity contribution in [1.82, 2.24) is 15.5 Å². The molecule has 0 spiro atoms. The number of unbranched alkanes of at least 4 members (excludes halogenated alkanes) is 1. The van der Waals surface area contributed by atoms with E-state index in [-0.39, 0.29) is 11.6 Å². The molecule has 0 saturated carbocycles. The van der Waals surface area contributed by atoms with E-state index in [0.717, 1.165) is 23.3 Å². The van der Waals surface area contributed by atoms with Gasteiger partial charge in [0.05, 0.1) is 5.56 Å². The van der Waals surface area contributed by atoms with Crippen molar-refractivity contribution in [2.75, 3.05) is 26.2 Å². The summed E-state index contributed by atoms with van der Waals surface area (Å²) in [7, 11) is 0. The van der Waals surface area contributed by atoms with Gasteiger partial charge in [0.25, 0.3) is 5.91 Å². The number of hydrogen-bond acceptors (Lipinski definition) is 3. The van der Waals surface area contributed by atoms with E-state index in [1.54, 1.807) is 12.1 Å². The number of halogens is 6. The maximum absolute atomic E-state index is 13.6. The van der Waals surface area contributed by atoms with Crippen molar-refractivity contribution >= 4 is 11.8 Å². The summed E-state index contributed by atoms with van der Waals surface area (Å²) in [6.45, 7) is 0.655. The quantitative estimate of drug-likeness (QED) is 0.207. The van der Waals surface area contributed by atoms with Crippen molar-refractivity contribution in [3.05, 3.63) is 95.1 Å². The van der Waals surface area contributed by atoms with E-state index in [2.05, 4.69) is 15.5 Å². The van der Waals surface area contributed by atoms with E-state index in [0.29, 0.717) is 62.9 Å². The fourth-order valence-electron chi connectivity index (χ4n) is 6.42. The van der Waals surface area contributed by atoms with Crippen LogP contribution in [0.3, 0.4) is 0 Å². The average molecular weight is 618 g/mol. The Hall–Kier alpha value is -3.86. The van der Waals surface area contributed by atoms with Gasteiger partial charge in [-0.15, -0.1) is 0 Å². The van der Waals surface area contributed by atoms with E-state index in [9.17, 15) is 35.9 Å². The molecular formula is C33H33F6N3O2. The van der Waals surface area contributed by atoms with Crippen LogP contribution in [0.25, 0.3) is 11.1 Å². The van der Waals surface area contributed by atoms with Crippen LogP contribution >= 0.6 is 0 Å². The minimum absolute atomic E-state index is 0.0366. The normalized spacial score (nSPS) is 16.7. The zero-order valence-corrected chi connectivity index (χ0v) is 23.9. The molecule has 1 heterocycles. The summed E-state index contributed by atoms with van der Waals surface area (Å²) < 4.78 is 78.3. The number of carbonyl (C=O) groups is 2. The first-order valence-corrected chi connectivity index (χ1v) is 14.6. The van der Waals surface area contributed by atoms with Gasteiger partial charge < -0.3 is 15.5 Å². The molecule has 1 aliphatic heterocycles. The van der Waals surface area contributed by atoms with Crippen molar-refractivity contribution in [3.63, 3.8) is 0 Å². The molecule has 1 fully saturated rings. The second-order valence-electron chi connectivity index (χ2n) is 11.4. The predicted octanol–water partition coefficient (Wildman–Crippen LogP) is 6.72. The molecule has 1 aliphatic carbocycles. The van der Waals surface area contributed by atoms with Crippen molar-refractivity contribution in [2.45, 2.75) is 55.9 Å². The van der Waals surface area contributed by atoms with Gasteiger partial charge in [0.1, 0.15) is 12.0 Å². The summed E-state index contributed by atoms with van der Waals surface area (Å²) in [6, 6.07) is 18.9. The number of nitrogens with zero attached hydrogens (tertiary/aromatic N) is 1. The number of piperidine rings is 1. The standard InChI is InChI=1S/C33H33F6N3O2/c34-32(35,36)21-40-30(44)31(27-12-3-1-10-25(27)26-11-2-4-13-28(26)31)16-5-6-17-42-18-14-24(15-19-42)41-29(43)22-8-7-9-23(20-22)33(37,38)39/h1-4,7-13,20,24H,5-6,14-19,21H2,(H,40,44)(H,41,43). The highest BCUT2D eigenvalue weighted by atomic mass is 19.4. The summed E-state index contributed by atoms with van der Waals surface area (Å²) in [4.78, 5) is 28.4. The fraction of sp³-hybridized carbons (Fsp3) is 0.394. The van der Waals surface area contributed by atoms with E-state index >= 15 is 0 Å². The highest BCUT2D eigenvalue weighted by Gasteiger charge is 2.49. The SMILES string of the molecule is O=C(NC1CCN(CCCCC2(C(=O)NCC(F)(F)F)c3ccccc3-c3ccccc32)CC1)c1cccc(C(F)(F)F)c1. The van der Waals surface area contributed by atoms with Gasteiger partial charge in [-0.3, -0.25) is 9.59 Å². The molecule has 11 heteroatoms. The Bertz CT molecular complexity index is 1450. The lowest BCUT2D eigenvalue weighted by molar-refractivity contribution is -0.141. The number of carbonyl (C=O) groups excluding carboxylic acids is 2. The van der Waals surface area contributed by atoms with Crippen LogP contribution in [0.4, 0.5) is 26.3 Å². The third-order valence-electron chi connectivity index (χ3n) is 8.55. The Morgan fingerprint density at radius 2 is 1.43 bits per heavy atom.